The lowest BCUT2D eigenvalue weighted by atomic mass is 10.2. The van der Waals surface area contributed by atoms with E-state index in [1.54, 1.807) is 12.1 Å². The van der Waals surface area contributed by atoms with Crippen molar-refractivity contribution in [3.05, 3.63) is 36.0 Å². The molecule has 0 saturated heterocycles. The first kappa shape index (κ1) is 11.2. The summed E-state index contributed by atoms with van der Waals surface area (Å²) in [6, 6.07) is 4.89. The molecule has 1 aliphatic rings. The third-order valence-electron chi connectivity index (χ3n) is 3.26. The topological polar surface area (TPSA) is 93.5 Å². The molecule has 100 valence electrons. The van der Waals surface area contributed by atoms with Crippen molar-refractivity contribution in [2.24, 2.45) is 0 Å². The summed E-state index contributed by atoms with van der Waals surface area (Å²) in [7, 11) is 0. The van der Waals surface area contributed by atoms with Gasteiger partial charge in [-0.2, -0.15) is 9.50 Å². The van der Waals surface area contributed by atoms with Gasteiger partial charge < -0.3 is 9.52 Å². The second-order valence-electron chi connectivity index (χ2n) is 4.77. The van der Waals surface area contributed by atoms with Gasteiger partial charge in [-0.1, -0.05) is 0 Å². The molecule has 1 fully saturated rings. The van der Waals surface area contributed by atoms with Crippen LogP contribution in [0.4, 0.5) is 0 Å². The van der Waals surface area contributed by atoms with E-state index in [2.05, 4.69) is 15.1 Å². The van der Waals surface area contributed by atoms with Crippen LogP contribution in [0.2, 0.25) is 0 Å². The summed E-state index contributed by atoms with van der Waals surface area (Å²) in [5.41, 5.74) is 0.468. The van der Waals surface area contributed by atoms with E-state index in [1.807, 2.05) is 0 Å². The first-order chi connectivity index (χ1) is 9.72. The van der Waals surface area contributed by atoms with Crippen LogP contribution in [0.25, 0.3) is 17.2 Å². The minimum absolute atomic E-state index is 0.0285. The Morgan fingerprint density at radius 1 is 1.40 bits per heavy atom. The molecule has 0 spiro atoms. The number of aromatic carboxylic acids is 1. The zero-order chi connectivity index (χ0) is 13.7. The summed E-state index contributed by atoms with van der Waals surface area (Å²) in [5.74, 6) is 0.726. The standard InChI is InChI=1S/C13H10N4O3/c18-12(19)9-6-8(10-2-1-5-20-10)14-13-15-11(7-3-4-7)16-17(9)13/h1-2,5-7H,3-4H2,(H,18,19). The lowest BCUT2D eigenvalue weighted by Gasteiger charge is -2.01. The predicted molar refractivity (Wildman–Crippen MR) is 67.4 cm³/mol. The second kappa shape index (κ2) is 3.89. The number of rotatable bonds is 3. The van der Waals surface area contributed by atoms with E-state index >= 15 is 0 Å². The maximum absolute atomic E-state index is 11.4. The summed E-state index contributed by atoms with van der Waals surface area (Å²) in [5, 5.41) is 13.6. The summed E-state index contributed by atoms with van der Waals surface area (Å²) < 4.78 is 6.54. The molecule has 0 atom stereocenters. The molecular weight excluding hydrogens is 260 g/mol. The molecule has 7 heteroatoms. The average molecular weight is 270 g/mol. The van der Waals surface area contributed by atoms with Gasteiger partial charge in [-0.15, -0.1) is 5.10 Å². The van der Waals surface area contributed by atoms with E-state index in [4.69, 9.17) is 4.42 Å². The van der Waals surface area contributed by atoms with E-state index in [9.17, 15) is 9.90 Å². The molecule has 3 heterocycles. The summed E-state index contributed by atoms with van der Waals surface area (Å²) in [6.07, 6.45) is 3.61. The van der Waals surface area contributed by atoms with Gasteiger partial charge in [0.15, 0.2) is 17.3 Å². The maximum Gasteiger partial charge on any atom is 0.354 e. The van der Waals surface area contributed by atoms with Crippen LogP contribution in [-0.2, 0) is 0 Å². The number of carboxylic acids is 1. The Bertz CT molecular complexity index is 803. The fourth-order valence-corrected chi connectivity index (χ4v) is 2.10. The number of nitrogens with zero attached hydrogens (tertiary/aromatic N) is 4. The van der Waals surface area contributed by atoms with Crippen LogP contribution in [0, 0.1) is 0 Å². The van der Waals surface area contributed by atoms with Crippen molar-refractivity contribution in [3.8, 4) is 11.5 Å². The number of hydrogen-bond donors (Lipinski definition) is 1. The van der Waals surface area contributed by atoms with E-state index < -0.39 is 5.97 Å². The van der Waals surface area contributed by atoms with Crippen LogP contribution in [0.5, 0.6) is 0 Å². The van der Waals surface area contributed by atoms with Crippen LogP contribution >= 0.6 is 0 Å². The third-order valence-corrected chi connectivity index (χ3v) is 3.26. The second-order valence-corrected chi connectivity index (χ2v) is 4.77. The van der Waals surface area contributed by atoms with Crippen LogP contribution < -0.4 is 0 Å². The van der Waals surface area contributed by atoms with E-state index in [0.717, 1.165) is 12.8 Å². The largest absolute Gasteiger partial charge is 0.477 e. The van der Waals surface area contributed by atoms with Crippen molar-refractivity contribution in [2.75, 3.05) is 0 Å². The predicted octanol–water partition coefficient (Wildman–Crippen LogP) is 1.96. The lowest BCUT2D eigenvalue weighted by molar-refractivity contribution is 0.0687. The van der Waals surface area contributed by atoms with E-state index in [1.165, 1.54) is 16.8 Å². The molecule has 0 radical (unpaired) electrons. The number of hydrogen-bond acceptors (Lipinski definition) is 5. The number of aromatic nitrogens is 4. The van der Waals surface area contributed by atoms with Gasteiger partial charge in [0.25, 0.3) is 5.78 Å². The monoisotopic (exact) mass is 270 g/mol. The third kappa shape index (κ3) is 1.67. The van der Waals surface area contributed by atoms with E-state index in [0.29, 0.717) is 29.0 Å². The Morgan fingerprint density at radius 3 is 2.90 bits per heavy atom. The van der Waals surface area contributed by atoms with Crippen LogP contribution in [0.15, 0.2) is 28.9 Å². The van der Waals surface area contributed by atoms with Crippen LogP contribution in [0.3, 0.4) is 0 Å². The molecule has 0 aromatic carbocycles. The smallest absolute Gasteiger partial charge is 0.354 e. The van der Waals surface area contributed by atoms with Crippen molar-refractivity contribution in [2.45, 2.75) is 18.8 Å². The number of furan rings is 1. The van der Waals surface area contributed by atoms with Gasteiger partial charge in [0, 0.05) is 12.0 Å². The number of fused-ring (bicyclic) bond motifs is 1. The molecule has 0 bridgehead atoms. The molecule has 1 saturated carbocycles. The van der Waals surface area contributed by atoms with Gasteiger partial charge in [0.2, 0.25) is 0 Å². The van der Waals surface area contributed by atoms with Crippen LogP contribution in [-0.4, -0.2) is 30.7 Å². The van der Waals surface area contributed by atoms with Gasteiger partial charge >= 0.3 is 5.97 Å². The van der Waals surface area contributed by atoms with Crippen molar-refractivity contribution in [1.82, 2.24) is 19.6 Å². The Morgan fingerprint density at radius 2 is 2.25 bits per heavy atom. The van der Waals surface area contributed by atoms with Crippen molar-refractivity contribution < 1.29 is 14.3 Å². The molecule has 3 aromatic rings. The van der Waals surface area contributed by atoms with Crippen LogP contribution in [0.1, 0.15) is 35.1 Å². The Balaban J connectivity index is 1.96. The van der Waals surface area contributed by atoms with Gasteiger partial charge in [-0.3, -0.25) is 0 Å². The van der Waals surface area contributed by atoms with Crippen molar-refractivity contribution >= 4 is 11.7 Å². The average Bonchev–Trinajstić information content (AvgIpc) is 2.99. The van der Waals surface area contributed by atoms with E-state index in [-0.39, 0.29) is 5.69 Å². The highest BCUT2D eigenvalue weighted by Crippen LogP contribution is 2.38. The molecule has 1 N–H and O–H groups in total. The van der Waals surface area contributed by atoms with Gasteiger partial charge in [0.1, 0.15) is 5.69 Å². The maximum atomic E-state index is 11.4. The first-order valence-corrected chi connectivity index (χ1v) is 6.27. The quantitative estimate of drug-likeness (QED) is 0.781. The highest BCUT2D eigenvalue weighted by Gasteiger charge is 2.29. The summed E-state index contributed by atoms with van der Waals surface area (Å²) in [6.45, 7) is 0. The Hall–Kier alpha value is -2.70. The molecule has 3 aromatic heterocycles. The highest BCUT2D eigenvalue weighted by molar-refractivity contribution is 5.87. The molecule has 4 rings (SSSR count). The zero-order valence-electron chi connectivity index (χ0n) is 10.4. The van der Waals surface area contributed by atoms with Crippen molar-refractivity contribution in [3.63, 3.8) is 0 Å². The van der Waals surface area contributed by atoms with Gasteiger partial charge in [-0.05, 0) is 25.0 Å². The highest BCUT2D eigenvalue weighted by atomic mass is 16.4. The summed E-state index contributed by atoms with van der Waals surface area (Å²) >= 11 is 0. The molecule has 7 nitrogen and oxygen atoms in total. The molecular formula is C13H10N4O3. The lowest BCUT2D eigenvalue weighted by Crippen LogP contribution is -2.08. The zero-order valence-corrected chi connectivity index (χ0v) is 10.4. The fourth-order valence-electron chi connectivity index (χ4n) is 2.10. The molecule has 0 unspecified atom stereocenters. The van der Waals surface area contributed by atoms with Gasteiger partial charge in [-0.25, -0.2) is 9.78 Å². The molecule has 0 aliphatic heterocycles. The normalized spacial score (nSPS) is 14.8. The fraction of sp³-hybridized carbons (Fsp3) is 0.231. The van der Waals surface area contributed by atoms with Crippen molar-refractivity contribution in [1.29, 1.82) is 0 Å². The Kier molecular flexibility index (Phi) is 2.17. The SMILES string of the molecule is O=C(O)c1cc(-c2ccco2)nc2nc(C3CC3)nn12. The first-order valence-electron chi connectivity index (χ1n) is 6.27. The molecule has 0 amide bonds. The summed E-state index contributed by atoms with van der Waals surface area (Å²) in [4.78, 5) is 20.0. The number of carboxylic acid groups (broad SMARTS) is 1. The molecule has 20 heavy (non-hydrogen) atoms. The Labute approximate surface area is 112 Å². The number of carbonyl (C=O) groups is 1. The minimum Gasteiger partial charge on any atom is -0.477 e. The minimum atomic E-state index is -1.07. The van der Waals surface area contributed by atoms with Gasteiger partial charge in [0.05, 0.1) is 6.26 Å². The molecule has 1 aliphatic carbocycles.